The average molecular weight is 329 g/mol. The molecule has 1 amide bonds. The summed E-state index contributed by atoms with van der Waals surface area (Å²) >= 11 is 0. The molecule has 0 aliphatic heterocycles. The molecule has 2 aromatic carbocycles. The van der Waals surface area contributed by atoms with Crippen molar-refractivity contribution in [3.05, 3.63) is 59.7 Å². The minimum Gasteiger partial charge on any atom is -0.507 e. The van der Waals surface area contributed by atoms with E-state index in [-0.39, 0.29) is 17.2 Å². The van der Waals surface area contributed by atoms with Gasteiger partial charge in [0.15, 0.2) is 6.61 Å². The first kappa shape index (κ1) is 17.3. The van der Waals surface area contributed by atoms with Crippen molar-refractivity contribution in [3.8, 4) is 11.5 Å². The number of aromatic hydroxyl groups is 1. The molecule has 0 saturated carbocycles. The van der Waals surface area contributed by atoms with E-state index in [1.807, 2.05) is 24.3 Å². The summed E-state index contributed by atoms with van der Waals surface area (Å²) < 4.78 is 10.2. The van der Waals surface area contributed by atoms with Crippen LogP contribution in [-0.4, -0.2) is 42.6 Å². The Bertz CT molecular complexity index is 729. The number of likely N-dealkylation sites (N-methyl/N-ethyl adjacent to an activating group) is 1. The highest BCUT2D eigenvalue weighted by atomic mass is 16.5. The Morgan fingerprint density at radius 3 is 2.46 bits per heavy atom. The van der Waals surface area contributed by atoms with Crippen LogP contribution in [0, 0.1) is 0 Å². The van der Waals surface area contributed by atoms with Crippen LogP contribution in [0.5, 0.6) is 11.5 Å². The van der Waals surface area contributed by atoms with Gasteiger partial charge in [0.25, 0.3) is 5.91 Å². The van der Waals surface area contributed by atoms with Crippen LogP contribution in [-0.2, 0) is 16.1 Å². The van der Waals surface area contributed by atoms with Crippen LogP contribution in [0.3, 0.4) is 0 Å². The van der Waals surface area contributed by atoms with E-state index in [2.05, 4.69) is 0 Å². The fraction of sp³-hybridized carbons (Fsp3) is 0.222. The third kappa shape index (κ3) is 4.25. The highest BCUT2D eigenvalue weighted by molar-refractivity contribution is 5.93. The molecule has 0 atom stereocenters. The van der Waals surface area contributed by atoms with Crippen molar-refractivity contribution in [2.45, 2.75) is 6.54 Å². The lowest BCUT2D eigenvalue weighted by Crippen LogP contribution is -2.31. The second-order valence-electron chi connectivity index (χ2n) is 5.15. The molecule has 6 nitrogen and oxygen atoms in total. The fourth-order valence-electron chi connectivity index (χ4n) is 2.14. The topological polar surface area (TPSA) is 76.1 Å². The maximum atomic E-state index is 12.1. The van der Waals surface area contributed by atoms with Crippen LogP contribution in [0.1, 0.15) is 15.9 Å². The van der Waals surface area contributed by atoms with Gasteiger partial charge in [0.05, 0.1) is 7.11 Å². The van der Waals surface area contributed by atoms with Crippen molar-refractivity contribution in [2.24, 2.45) is 0 Å². The van der Waals surface area contributed by atoms with E-state index in [4.69, 9.17) is 9.47 Å². The first-order valence-electron chi connectivity index (χ1n) is 7.34. The van der Waals surface area contributed by atoms with E-state index in [1.165, 1.54) is 17.0 Å². The summed E-state index contributed by atoms with van der Waals surface area (Å²) in [4.78, 5) is 25.4. The second-order valence-corrected chi connectivity index (χ2v) is 5.15. The number of esters is 1. The largest absolute Gasteiger partial charge is 0.507 e. The molecule has 0 aliphatic carbocycles. The van der Waals surface area contributed by atoms with Gasteiger partial charge in [0.2, 0.25) is 0 Å². The number of hydrogen-bond acceptors (Lipinski definition) is 5. The molecule has 2 rings (SSSR count). The number of methoxy groups -OCH3 is 1. The number of rotatable bonds is 6. The van der Waals surface area contributed by atoms with Crippen LogP contribution < -0.4 is 4.74 Å². The van der Waals surface area contributed by atoms with Gasteiger partial charge in [-0.05, 0) is 18.2 Å². The predicted molar refractivity (Wildman–Crippen MR) is 87.9 cm³/mol. The van der Waals surface area contributed by atoms with Gasteiger partial charge in [-0.15, -0.1) is 0 Å². The lowest BCUT2D eigenvalue weighted by Gasteiger charge is -2.18. The normalized spacial score (nSPS) is 10.1. The van der Waals surface area contributed by atoms with E-state index in [1.54, 1.807) is 26.3 Å². The molecule has 0 fully saturated rings. The molecule has 0 aliphatic rings. The molecule has 0 heterocycles. The number of para-hydroxylation sites is 2. The van der Waals surface area contributed by atoms with Gasteiger partial charge in [0.1, 0.15) is 17.1 Å². The fourth-order valence-corrected chi connectivity index (χ4v) is 2.14. The molecule has 2 aromatic rings. The Labute approximate surface area is 140 Å². The molecule has 0 aromatic heterocycles. The van der Waals surface area contributed by atoms with Crippen molar-refractivity contribution < 1.29 is 24.2 Å². The minimum atomic E-state index is -0.743. The summed E-state index contributed by atoms with van der Waals surface area (Å²) in [7, 11) is 3.18. The number of benzene rings is 2. The van der Waals surface area contributed by atoms with E-state index in [0.717, 1.165) is 5.56 Å². The number of carbonyl (C=O) groups is 2. The Balaban J connectivity index is 1.92. The van der Waals surface area contributed by atoms with Crippen molar-refractivity contribution in [1.29, 1.82) is 0 Å². The third-order valence-corrected chi connectivity index (χ3v) is 3.48. The SMILES string of the molecule is COc1ccccc1CN(C)C(=O)COC(=O)c1ccccc1O. The van der Waals surface area contributed by atoms with Crippen molar-refractivity contribution in [2.75, 3.05) is 20.8 Å². The first-order chi connectivity index (χ1) is 11.5. The maximum absolute atomic E-state index is 12.1. The summed E-state index contributed by atoms with van der Waals surface area (Å²) in [5.41, 5.74) is 0.876. The van der Waals surface area contributed by atoms with Crippen molar-refractivity contribution in [1.82, 2.24) is 4.90 Å². The van der Waals surface area contributed by atoms with Crippen molar-refractivity contribution >= 4 is 11.9 Å². The molecule has 0 saturated heterocycles. The van der Waals surface area contributed by atoms with Gasteiger partial charge in [-0.25, -0.2) is 4.79 Å². The average Bonchev–Trinajstić information content (AvgIpc) is 2.60. The highest BCUT2D eigenvalue weighted by Gasteiger charge is 2.16. The quantitative estimate of drug-likeness (QED) is 0.822. The van der Waals surface area contributed by atoms with E-state index < -0.39 is 12.6 Å². The molecule has 0 radical (unpaired) electrons. The molecule has 0 unspecified atom stereocenters. The number of amides is 1. The lowest BCUT2D eigenvalue weighted by molar-refractivity contribution is -0.133. The number of carbonyl (C=O) groups excluding carboxylic acids is 2. The Morgan fingerprint density at radius 1 is 1.08 bits per heavy atom. The van der Waals surface area contributed by atoms with Crippen LogP contribution >= 0.6 is 0 Å². The van der Waals surface area contributed by atoms with Gasteiger partial charge < -0.3 is 19.5 Å². The highest BCUT2D eigenvalue weighted by Crippen LogP contribution is 2.19. The van der Waals surface area contributed by atoms with Gasteiger partial charge in [-0.2, -0.15) is 0 Å². The zero-order valence-electron chi connectivity index (χ0n) is 13.6. The molecule has 1 N–H and O–H groups in total. The van der Waals surface area contributed by atoms with E-state index in [0.29, 0.717) is 12.3 Å². The molecule has 6 heteroatoms. The third-order valence-electron chi connectivity index (χ3n) is 3.48. The number of ether oxygens (including phenoxy) is 2. The first-order valence-corrected chi connectivity index (χ1v) is 7.34. The Kier molecular flexibility index (Phi) is 5.78. The predicted octanol–water partition coefficient (Wildman–Crippen LogP) is 2.22. The number of nitrogens with zero attached hydrogens (tertiary/aromatic N) is 1. The second kappa shape index (κ2) is 8.01. The summed E-state index contributed by atoms with van der Waals surface area (Å²) in [5, 5.41) is 9.60. The monoisotopic (exact) mass is 329 g/mol. The van der Waals surface area contributed by atoms with Gasteiger partial charge >= 0.3 is 5.97 Å². The van der Waals surface area contributed by atoms with Gasteiger partial charge in [-0.3, -0.25) is 4.79 Å². The number of hydrogen-bond donors (Lipinski definition) is 1. The summed E-state index contributed by atoms with van der Waals surface area (Å²) in [6, 6.07) is 13.4. The van der Waals surface area contributed by atoms with E-state index in [9.17, 15) is 14.7 Å². The summed E-state index contributed by atoms with van der Waals surface area (Å²) in [6.07, 6.45) is 0. The molecule has 126 valence electrons. The van der Waals surface area contributed by atoms with Crippen LogP contribution in [0.2, 0.25) is 0 Å². The molecule has 0 bridgehead atoms. The van der Waals surface area contributed by atoms with E-state index >= 15 is 0 Å². The Morgan fingerprint density at radius 2 is 1.75 bits per heavy atom. The van der Waals surface area contributed by atoms with Crippen molar-refractivity contribution in [3.63, 3.8) is 0 Å². The summed E-state index contributed by atoms with van der Waals surface area (Å²) in [5.74, 6) is -0.600. The number of phenols is 1. The lowest BCUT2D eigenvalue weighted by atomic mass is 10.2. The van der Waals surface area contributed by atoms with Crippen LogP contribution in [0.4, 0.5) is 0 Å². The smallest absolute Gasteiger partial charge is 0.342 e. The van der Waals surface area contributed by atoms with Gasteiger partial charge in [0, 0.05) is 19.2 Å². The van der Waals surface area contributed by atoms with Gasteiger partial charge in [-0.1, -0.05) is 30.3 Å². The minimum absolute atomic E-state index is 0.0256. The zero-order chi connectivity index (χ0) is 17.5. The molecule has 0 spiro atoms. The Hall–Kier alpha value is -3.02. The molecular weight excluding hydrogens is 310 g/mol. The zero-order valence-corrected chi connectivity index (χ0v) is 13.6. The van der Waals surface area contributed by atoms with Crippen LogP contribution in [0.25, 0.3) is 0 Å². The molecule has 24 heavy (non-hydrogen) atoms. The molecular formula is C18H19NO5. The number of phenolic OH excluding ortho intramolecular Hbond substituents is 1. The summed E-state index contributed by atoms with van der Waals surface area (Å²) in [6.45, 7) is -0.0736. The standard InChI is InChI=1S/C18H19NO5/c1-19(11-13-7-3-6-10-16(13)23-2)17(21)12-24-18(22)14-8-4-5-9-15(14)20/h3-10,20H,11-12H2,1-2H3. The maximum Gasteiger partial charge on any atom is 0.342 e. The van der Waals surface area contributed by atoms with Crippen LogP contribution in [0.15, 0.2) is 48.5 Å².